The Bertz CT molecular complexity index is 859. The summed E-state index contributed by atoms with van der Waals surface area (Å²) in [5.41, 5.74) is 6.56. The lowest BCUT2D eigenvalue weighted by atomic mass is 10.1. The molecular formula is C20H37N6O7P. The molecule has 2 heterocycles. The number of hydrogen-bond acceptors (Lipinski definition) is 12. The van der Waals surface area contributed by atoms with E-state index >= 15 is 0 Å². The minimum Gasteiger partial charge on any atom is -0.476 e. The van der Waals surface area contributed by atoms with Gasteiger partial charge in [0, 0.05) is 26.8 Å². The maximum atomic E-state index is 12.8. The topological polar surface area (TPSA) is 159 Å². The minimum atomic E-state index is -3.59. The third-order valence-corrected chi connectivity index (χ3v) is 6.70. The molecule has 4 N–H and O–H groups in total. The molecule has 0 spiro atoms. The summed E-state index contributed by atoms with van der Waals surface area (Å²) in [6.07, 6.45) is 0.162. The van der Waals surface area contributed by atoms with Gasteiger partial charge in [-0.15, -0.1) is 0 Å². The molecule has 3 unspecified atom stereocenters. The summed E-state index contributed by atoms with van der Waals surface area (Å²) >= 11 is 0. The van der Waals surface area contributed by atoms with Crippen molar-refractivity contribution in [2.75, 3.05) is 63.2 Å². The third-order valence-electron chi connectivity index (χ3n) is 5.12. The van der Waals surface area contributed by atoms with Gasteiger partial charge in [-0.2, -0.15) is 9.97 Å². The summed E-state index contributed by atoms with van der Waals surface area (Å²) in [6.45, 7) is 8.51. The molecule has 0 saturated heterocycles. The summed E-state index contributed by atoms with van der Waals surface area (Å²) in [7, 11) is -0.755. The molecule has 0 saturated carbocycles. The molecule has 3 atom stereocenters. The van der Waals surface area contributed by atoms with Crippen LogP contribution in [0.5, 0.6) is 5.88 Å². The highest BCUT2D eigenvalue weighted by Crippen LogP contribution is 2.43. The van der Waals surface area contributed by atoms with Gasteiger partial charge in [0.2, 0.25) is 11.8 Å². The van der Waals surface area contributed by atoms with E-state index in [0.29, 0.717) is 37.1 Å². The van der Waals surface area contributed by atoms with Gasteiger partial charge >= 0.3 is 13.7 Å². The molecule has 2 rings (SSSR count). The van der Waals surface area contributed by atoms with Crippen molar-refractivity contribution in [1.82, 2.24) is 15.1 Å². The van der Waals surface area contributed by atoms with Gasteiger partial charge in [0.25, 0.3) is 0 Å². The van der Waals surface area contributed by atoms with Gasteiger partial charge in [0.15, 0.2) is 5.82 Å². The Morgan fingerprint density at radius 3 is 2.65 bits per heavy atom. The number of fused-ring (bicyclic) bond motifs is 1. The van der Waals surface area contributed by atoms with Crippen LogP contribution < -0.4 is 25.8 Å². The fourth-order valence-corrected chi connectivity index (χ4v) is 4.29. The summed E-state index contributed by atoms with van der Waals surface area (Å²) in [5, 5.41) is 5.93. The quantitative estimate of drug-likeness (QED) is 0.181. The smallest absolute Gasteiger partial charge is 0.405 e. The van der Waals surface area contributed by atoms with E-state index in [0.717, 1.165) is 0 Å². The van der Waals surface area contributed by atoms with E-state index in [9.17, 15) is 9.36 Å². The number of nitrogen functional groups attached to an aromatic ring is 1. The minimum absolute atomic E-state index is 0.0228. The van der Waals surface area contributed by atoms with Gasteiger partial charge in [-0.3, -0.25) is 9.32 Å². The van der Waals surface area contributed by atoms with E-state index in [1.54, 1.807) is 21.0 Å². The fourth-order valence-electron chi connectivity index (χ4n) is 3.24. The second-order valence-corrected chi connectivity index (χ2v) is 9.91. The first-order valence-corrected chi connectivity index (χ1v) is 12.7. The number of rotatable bonds is 15. The van der Waals surface area contributed by atoms with Crippen LogP contribution in [0.4, 0.5) is 17.5 Å². The van der Waals surface area contributed by atoms with Crippen molar-refractivity contribution in [1.29, 1.82) is 0 Å². The van der Waals surface area contributed by atoms with Crippen molar-refractivity contribution in [3.63, 3.8) is 0 Å². The van der Waals surface area contributed by atoms with E-state index in [2.05, 4.69) is 20.4 Å². The van der Waals surface area contributed by atoms with Gasteiger partial charge in [0.1, 0.15) is 12.3 Å². The van der Waals surface area contributed by atoms with Crippen LogP contribution in [-0.4, -0.2) is 75.3 Å². The van der Waals surface area contributed by atoms with E-state index in [1.807, 2.05) is 18.7 Å². The molecule has 1 aliphatic heterocycles. The van der Waals surface area contributed by atoms with E-state index in [4.69, 9.17) is 29.0 Å². The Labute approximate surface area is 200 Å². The zero-order valence-electron chi connectivity index (χ0n) is 20.7. The van der Waals surface area contributed by atoms with E-state index in [-0.39, 0.29) is 49.7 Å². The van der Waals surface area contributed by atoms with E-state index < -0.39 is 7.75 Å². The van der Waals surface area contributed by atoms with Gasteiger partial charge in [-0.25, -0.2) is 9.65 Å². The fraction of sp³-hybridized carbons (Fsp3) is 0.750. The zero-order valence-corrected chi connectivity index (χ0v) is 21.6. The monoisotopic (exact) mass is 504 g/mol. The van der Waals surface area contributed by atoms with Crippen molar-refractivity contribution in [2.24, 2.45) is 5.92 Å². The van der Waals surface area contributed by atoms with Crippen LogP contribution in [-0.2, 0) is 27.9 Å². The van der Waals surface area contributed by atoms with Crippen LogP contribution in [0.25, 0.3) is 0 Å². The van der Waals surface area contributed by atoms with Crippen LogP contribution in [0.3, 0.4) is 0 Å². The Hall–Kier alpha value is -2.18. The number of hydrogen-bond donors (Lipinski definition) is 3. The molecule has 34 heavy (non-hydrogen) atoms. The number of nitrogens with one attached hydrogen (secondary N) is 2. The lowest BCUT2D eigenvalue weighted by Gasteiger charge is -2.29. The Morgan fingerprint density at radius 1 is 1.29 bits per heavy atom. The largest absolute Gasteiger partial charge is 0.476 e. The average molecular weight is 505 g/mol. The Balaban J connectivity index is 1.92. The molecule has 14 heteroatoms. The molecule has 1 aromatic rings. The first kappa shape index (κ1) is 28.1. The second-order valence-electron chi connectivity index (χ2n) is 7.97. The van der Waals surface area contributed by atoms with Crippen molar-refractivity contribution in [2.45, 2.75) is 46.3 Å². The first-order valence-electron chi connectivity index (χ1n) is 11.2. The number of esters is 1. The second kappa shape index (κ2) is 13.1. The lowest BCUT2D eigenvalue weighted by Crippen LogP contribution is -2.37. The Morgan fingerprint density at radius 2 is 2.03 bits per heavy atom. The summed E-state index contributed by atoms with van der Waals surface area (Å²) < 4.78 is 39.6. The molecule has 0 radical (unpaired) electrons. The van der Waals surface area contributed by atoms with Crippen molar-refractivity contribution in [3.8, 4) is 5.88 Å². The molecule has 1 aliphatic rings. The van der Waals surface area contributed by atoms with Gasteiger partial charge in [-0.05, 0) is 20.3 Å². The predicted molar refractivity (Wildman–Crippen MR) is 128 cm³/mol. The molecule has 0 aromatic carbocycles. The summed E-state index contributed by atoms with van der Waals surface area (Å²) in [5.74, 6) is 0.626. The molecule has 0 bridgehead atoms. The van der Waals surface area contributed by atoms with Gasteiger partial charge in [-0.1, -0.05) is 13.8 Å². The van der Waals surface area contributed by atoms with Crippen LogP contribution in [0.2, 0.25) is 0 Å². The predicted octanol–water partition coefficient (Wildman–Crippen LogP) is 2.00. The molecule has 13 nitrogen and oxygen atoms in total. The number of nitrogens with zero attached hydrogens (tertiary/aromatic N) is 3. The normalized spacial score (nSPS) is 16.5. The van der Waals surface area contributed by atoms with Crippen LogP contribution in [0.15, 0.2) is 0 Å². The standard InChI is InChI=1S/C20H37N6O7P/c1-7-31-18-16-17(24-20(21)25-18)26(12-22-16)14(4)10-15(29-5)11-33-34(28,30-6)23-8-9-32-19(27)13(2)3/h13-15,22H,7-12H2,1-6H3,(H,23,28)(H2,21,24,25). The molecule has 0 fully saturated rings. The zero-order chi connectivity index (χ0) is 25.3. The van der Waals surface area contributed by atoms with E-state index in [1.165, 1.54) is 7.11 Å². The number of methoxy groups -OCH3 is 1. The summed E-state index contributed by atoms with van der Waals surface area (Å²) in [6, 6.07) is -0.0311. The molecule has 0 amide bonds. The van der Waals surface area contributed by atoms with Gasteiger partial charge in [0.05, 0.1) is 31.9 Å². The number of nitrogens with two attached hydrogens (primary N) is 1. The third kappa shape index (κ3) is 7.67. The maximum Gasteiger partial charge on any atom is 0.405 e. The summed E-state index contributed by atoms with van der Waals surface area (Å²) in [4.78, 5) is 22.1. The lowest BCUT2D eigenvalue weighted by molar-refractivity contribution is -0.147. The molecule has 1 aromatic heterocycles. The van der Waals surface area contributed by atoms with Crippen LogP contribution in [0, 0.1) is 5.92 Å². The highest BCUT2D eigenvalue weighted by Gasteiger charge is 2.31. The van der Waals surface area contributed by atoms with Crippen molar-refractivity contribution >= 4 is 31.2 Å². The molecule has 194 valence electrons. The highest BCUT2D eigenvalue weighted by molar-refractivity contribution is 7.51. The number of carbonyl (C=O) groups excluding carboxylic acids is 1. The number of anilines is 3. The number of carbonyl (C=O) groups is 1. The van der Waals surface area contributed by atoms with Crippen LogP contribution in [0.1, 0.15) is 34.1 Å². The Kier molecular flexibility index (Phi) is 10.8. The van der Waals surface area contributed by atoms with Crippen molar-refractivity contribution in [3.05, 3.63) is 0 Å². The maximum absolute atomic E-state index is 12.8. The first-order chi connectivity index (χ1) is 16.1. The van der Waals surface area contributed by atoms with Crippen LogP contribution >= 0.6 is 7.75 Å². The van der Waals surface area contributed by atoms with Crippen molar-refractivity contribution < 1.29 is 32.6 Å². The number of aromatic nitrogens is 2. The molecular weight excluding hydrogens is 467 g/mol. The molecule has 0 aliphatic carbocycles. The average Bonchev–Trinajstić information content (AvgIpc) is 3.23. The highest BCUT2D eigenvalue weighted by atomic mass is 31.2. The van der Waals surface area contributed by atoms with Gasteiger partial charge < -0.3 is 34.7 Å². The SMILES string of the molecule is CCOc1nc(N)nc2c1NCN2C(C)CC(COP(=O)(NCCOC(=O)C(C)C)OC)OC. The number of ether oxygens (including phenoxy) is 3.